The van der Waals surface area contributed by atoms with E-state index < -0.39 is 23.6 Å². The van der Waals surface area contributed by atoms with E-state index in [2.05, 4.69) is 0 Å². The first kappa shape index (κ1) is 27.3. The van der Waals surface area contributed by atoms with Gasteiger partial charge in [0.1, 0.15) is 17.7 Å². The summed E-state index contributed by atoms with van der Waals surface area (Å²) in [6.45, 7) is 0.0510. The summed E-state index contributed by atoms with van der Waals surface area (Å²) < 4.78 is 31.4. The summed E-state index contributed by atoms with van der Waals surface area (Å²) in [6, 6.07) is 8.87. The Balaban J connectivity index is 1.65. The third kappa shape index (κ3) is 6.04. The average molecular weight is 523 g/mol. The monoisotopic (exact) mass is 522 g/mol. The summed E-state index contributed by atoms with van der Waals surface area (Å²) in [6.07, 6.45) is 9.05. The number of halogens is 2. The molecule has 1 heterocycles. The highest BCUT2D eigenvalue weighted by atomic mass is 19.1. The first-order chi connectivity index (χ1) is 18.3. The Hall–Kier alpha value is -3.73. The smallest absolute Gasteiger partial charge is 0.337 e. The average Bonchev–Trinajstić information content (AvgIpc) is 3.01. The van der Waals surface area contributed by atoms with Crippen LogP contribution in [0.3, 0.4) is 0 Å². The van der Waals surface area contributed by atoms with E-state index in [-0.39, 0.29) is 29.7 Å². The topological polar surface area (TPSA) is 103 Å². The maximum absolute atomic E-state index is 15.1. The van der Waals surface area contributed by atoms with E-state index in [1.807, 2.05) is 10.6 Å². The number of hydrogen-bond acceptors (Lipinski definition) is 3. The first-order valence-electron chi connectivity index (χ1n) is 13.3. The fourth-order valence-corrected chi connectivity index (χ4v) is 5.81. The lowest BCUT2D eigenvalue weighted by atomic mass is 9.93. The lowest BCUT2D eigenvalue weighted by Gasteiger charge is -2.18. The molecule has 2 aromatic carbocycles. The second kappa shape index (κ2) is 12.2. The molecule has 0 saturated heterocycles. The third-order valence-corrected chi connectivity index (χ3v) is 7.63. The molecule has 1 aromatic heterocycles. The van der Waals surface area contributed by atoms with Crippen LogP contribution in [0.4, 0.5) is 8.78 Å². The molecule has 8 heteroatoms. The highest BCUT2D eigenvalue weighted by Crippen LogP contribution is 2.37. The SMILES string of the molecule is N#Cc1cccc(Cn2c3c(c4cc(F)cc(C(=O)O)c42)CCCC(CCCCCCCC(=O)O)C3)c1F. The minimum atomic E-state index is -1.24. The van der Waals surface area contributed by atoms with Gasteiger partial charge in [0, 0.05) is 23.1 Å². The summed E-state index contributed by atoms with van der Waals surface area (Å²) in [5.41, 5.74) is 2.30. The van der Waals surface area contributed by atoms with Crippen LogP contribution in [-0.4, -0.2) is 26.7 Å². The molecule has 0 spiro atoms. The Kier molecular flexibility index (Phi) is 8.77. The molecule has 0 aliphatic heterocycles. The molecule has 6 nitrogen and oxygen atoms in total. The molecular formula is C30H32F2N2O4. The number of nitrogens with zero attached hydrogens (tertiary/aromatic N) is 2. The lowest BCUT2D eigenvalue weighted by molar-refractivity contribution is -0.137. The highest BCUT2D eigenvalue weighted by Gasteiger charge is 2.27. The molecule has 1 aliphatic rings. The van der Waals surface area contributed by atoms with Gasteiger partial charge in [0.15, 0.2) is 0 Å². The molecule has 200 valence electrons. The Bertz CT molecular complexity index is 1390. The van der Waals surface area contributed by atoms with Crippen molar-refractivity contribution in [1.29, 1.82) is 5.26 Å². The largest absolute Gasteiger partial charge is 0.481 e. The van der Waals surface area contributed by atoms with Gasteiger partial charge in [0.2, 0.25) is 0 Å². The summed E-state index contributed by atoms with van der Waals surface area (Å²) in [4.78, 5) is 22.8. The minimum Gasteiger partial charge on any atom is -0.481 e. The summed E-state index contributed by atoms with van der Waals surface area (Å²) in [5, 5.41) is 28.5. The van der Waals surface area contributed by atoms with Crippen LogP contribution in [0, 0.1) is 28.9 Å². The van der Waals surface area contributed by atoms with Gasteiger partial charge in [0.25, 0.3) is 0 Å². The number of aromatic carboxylic acids is 1. The Labute approximate surface area is 220 Å². The van der Waals surface area contributed by atoms with E-state index in [1.165, 1.54) is 12.1 Å². The fourth-order valence-electron chi connectivity index (χ4n) is 5.81. The molecule has 38 heavy (non-hydrogen) atoms. The van der Waals surface area contributed by atoms with E-state index in [0.717, 1.165) is 62.3 Å². The summed E-state index contributed by atoms with van der Waals surface area (Å²) in [7, 11) is 0. The number of unbranched alkanes of at least 4 members (excludes halogenated alkanes) is 4. The molecule has 1 aliphatic carbocycles. The molecule has 3 aromatic rings. The third-order valence-electron chi connectivity index (χ3n) is 7.63. The number of carboxylic acid groups (broad SMARTS) is 2. The zero-order chi connectivity index (χ0) is 27.2. The number of aliphatic carboxylic acids is 1. The number of aryl methyl sites for hydroxylation is 1. The van der Waals surface area contributed by atoms with Crippen LogP contribution in [0.5, 0.6) is 0 Å². The normalized spacial score (nSPS) is 15.1. The van der Waals surface area contributed by atoms with Crippen molar-refractivity contribution >= 4 is 22.8 Å². The number of nitriles is 1. The summed E-state index contributed by atoms with van der Waals surface area (Å²) >= 11 is 0. The van der Waals surface area contributed by atoms with Crippen LogP contribution in [0.15, 0.2) is 30.3 Å². The van der Waals surface area contributed by atoms with Crippen molar-refractivity contribution in [2.24, 2.45) is 5.92 Å². The predicted molar refractivity (Wildman–Crippen MR) is 139 cm³/mol. The van der Waals surface area contributed by atoms with Crippen molar-refractivity contribution in [2.45, 2.75) is 77.2 Å². The van der Waals surface area contributed by atoms with E-state index in [0.29, 0.717) is 36.1 Å². The lowest BCUT2D eigenvalue weighted by Crippen LogP contribution is -2.13. The number of rotatable bonds is 11. The van der Waals surface area contributed by atoms with Crippen LogP contribution < -0.4 is 0 Å². The Morgan fingerprint density at radius 1 is 1.08 bits per heavy atom. The van der Waals surface area contributed by atoms with E-state index in [9.17, 15) is 24.3 Å². The van der Waals surface area contributed by atoms with Crippen molar-refractivity contribution in [3.8, 4) is 6.07 Å². The van der Waals surface area contributed by atoms with Crippen molar-refractivity contribution in [1.82, 2.24) is 4.57 Å². The number of carboxylic acids is 2. The zero-order valence-electron chi connectivity index (χ0n) is 21.3. The van der Waals surface area contributed by atoms with Crippen LogP contribution in [0.1, 0.15) is 90.5 Å². The molecule has 0 saturated carbocycles. The number of hydrogen-bond donors (Lipinski definition) is 2. The van der Waals surface area contributed by atoms with E-state index in [4.69, 9.17) is 5.11 Å². The molecule has 1 atom stereocenters. The molecule has 2 N–H and O–H groups in total. The number of carbonyl (C=O) groups is 2. The van der Waals surface area contributed by atoms with Crippen molar-refractivity contribution in [2.75, 3.05) is 0 Å². The van der Waals surface area contributed by atoms with Gasteiger partial charge in [-0.3, -0.25) is 4.79 Å². The number of aromatic nitrogens is 1. The molecule has 0 fully saturated rings. The fraction of sp³-hybridized carbons (Fsp3) is 0.433. The molecule has 0 radical (unpaired) electrons. The van der Waals surface area contributed by atoms with Gasteiger partial charge in [-0.1, -0.05) is 44.2 Å². The molecular weight excluding hydrogens is 490 g/mol. The van der Waals surface area contributed by atoms with Crippen LogP contribution in [0.2, 0.25) is 0 Å². The van der Waals surface area contributed by atoms with Gasteiger partial charge in [-0.25, -0.2) is 13.6 Å². The minimum absolute atomic E-state index is 0.0510. The predicted octanol–water partition coefficient (Wildman–Crippen LogP) is 6.85. The Morgan fingerprint density at radius 3 is 2.58 bits per heavy atom. The molecule has 0 amide bonds. The van der Waals surface area contributed by atoms with E-state index >= 15 is 4.39 Å². The standard InChI is InChI=1S/C30H32F2N2O4/c31-22-15-24-23-12-6-9-19(8-4-2-1-3-5-13-27(35)36)14-26(23)34(29(24)25(16-22)30(37)38)18-21-11-7-10-20(17-33)28(21)32/h7,10-11,15-16,19H,1-6,8-9,12-14,18H2,(H,35,36)(H,37,38). The van der Waals surface area contributed by atoms with Gasteiger partial charge in [-0.15, -0.1) is 0 Å². The Morgan fingerprint density at radius 2 is 1.84 bits per heavy atom. The van der Waals surface area contributed by atoms with Crippen LogP contribution >= 0.6 is 0 Å². The van der Waals surface area contributed by atoms with Crippen molar-refractivity contribution < 1.29 is 28.6 Å². The van der Waals surface area contributed by atoms with Crippen LogP contribution in [-0.2, 0) is 24.2 Å². The van der Waals surface area contributed by atoms with Crippen molar-refractivity contribution in [3.63, 3.8) is 0 Å². The van der Waals surface area contributed by atoms with Gasteiger partial charge < -0.3 is 14.8 Å². The highest BCUT2D eigenvalue weighted by molar-refractivity contribution is 6.04. The van der Waals surface area contributed by atoms with E-state index in [1.54, 1.807) is 12.1 Å². The van der Waals surface area contributed by atoms with Crippen molar-refractivity contribution in [3.05, 3.63) is 69.9 Å². The van der Waals surface area contributed by atoms with Gasteiger partial charge in [0.05, 0.1) is 23.2 Å². The maximum Gasteiger partial charge on any atom is 0.337 e. The van der Waals surface area contributed by atoms with Gasteiger partial charge in [-0.05, 0) is 61.8 Å². The summed E-state index contributed by atoms with van der Waals surface area (Å²) in [5.74, 6) is -2.89. The second-order valence-electron chi connectivity index (χ2n) is 10.2. The zero-order valence-corrected chi connectivity index (χ0v) is 21.3. The maximum atomic E-state index is 15.1. The van der Waals surface area contributed by atoms with Crippen LogP contribution in [0.25, 0.3) is 10.9 Å². The molecule has 0 bridgehead atoms. The number of benzene rings is 2. The number of fused-ring (bicyclic) bond motifs is 3. The quantitative estimate of drug-likeness (QED) is 0.212. The molecule has 1 unspecified atom stereocenters. The first-order valence-corrected chi connectivity index (χ1v) is 13.3. The van der Waals surface area contributed by atoms with Gasteiger partial charge in [-0.2, -0.15) is 5.26 Å². The van der Waals surface area contributed by atoms with Gasteiger partial charge >= 0.3 is 11.9 Å². The molecule has 4 rings (SSSR count). The second-order valence-corrected chi connectivity index (χ2v) is 10.2.